The molecule has 0 aromatic heterocycles. The van der Waals surface area contributed by atoms with Crippen LogP contribution in [0, 0.1) is 6.92 Å². The van der Waals surface area contributed by atoms with Crippen molar-refractivity contribution < 1.29 is 9.47 Å². The lowest BCUT2D eigenvalue weighted by atomic mass is 10.0. The quantitative estimate of drug-likeness (QED) is 0.873. The fourth-order valence-corrected chi connectivity index (χ4v) is 2.64. The van der Waals surface area contributed by atoms with E-state index < -0.39 is 0 Å². The van der Waals surface area contributed by atoms with E-state index in [1.807, 2.05) is 12.1 Å². The van der Waals surface area contributed by atoms with Gasteiger partial charge in [-0.25, -0.2) is 0 Å². The van der Waals surface area contributed by atoms with Gasteiger partial charge in [0.15, 0.2) is 0 Å². The summed E-state index contributed by atoms with van der Waals surface area (Å²) in [6, 6.07) is 3.97. The molecule has 0 atom stereocenters. The first-order chi connectivity index (χ1) is 9.26. The van der Waals surface area contributed by atoms with Crippen molar-refractivity contribution in [2.24, 2.45) is 0 Å². The molecule has 0 spiro atoms. The van der Waals surface area contributed by atoms with E-state index in [1.165, 1.54) is 11.1 Å². The zero-order valence-electron chi connectivity index (χ0n) is 12.2. The second-order valence-corrected chi connectivity index (χ2v) is 4.92. The van der Waals surface area contributed by atoms with Crippen LogP contribution < -0.4 is 14.8 Å². The molecule has 1 saturated heterocycles. The summed E-state index contributed by atoms with van der Waals surface area (Å²) in [4.78, 5) is 2.49. The molecule has 0 aliphatic carbocycles. The predicted molar refractivity (Wildman–Crippen MR) is 77.3 cm³/mol. The van der Waals surface area contributed by atoms with Crippen LogP contribution in [0.1, 0.15) is 11.1 Å². The molecule has 19 heavy (non-hydrogen) atoms. The van der Waals surface area contributed by atoms with Crippen LogP contribution in [0.15, 0.2) is 12.1 Å². The first-order valence-corrected chi connectivity index (χ1v) is 6.89. The van der Waals surface area contributed by atoms with Gasteiger partial charge in [-0.1, -0.05) is 0 Å². The molecule has 0 bridgehead atoms. The fraction of sp³-hybridized carbons (Fsp3) is 0.600. The summed E-state index contributed by atoms with van der Waals surface area (Å²) in [5.41, 5.74) is 2.46. The minimum atomic E-state index is 0.941. The summed E-state index contributed by atoms with van der Waals surface area (Å²) < 4.78 is 10.9. The molecule has 1 N–H and O–H groups in total. The summed E-state index contributed by atoms with van der Waals surface area (Å²) in [5, 5.41) is 3.38. The third-order valence-electron chi connectivity index (χ3n) is 3.83. The van der Waals surface area contributed by atoms with Crippen LogP contribution in [-0.2, 0) is 6.42 Å². The lowest BCUT2D eigenvalue weighted by Crippen LogP contribution is -2.44. The molecular weight excluding hydrogens is 240 g/mol. The zero-order valence-corrected chi connectivity index (χ0v) is 12.2. The van der Waals surface area contributed by atoms with Crippen molar-refractivity contribution in [3.63, 3.8) is 0 Å². The lowest BCUT2D eigenvalue weighted by molar-refractivity contribution is 0.243. The number of methoxy groups -OCH3 is 2. The summed E-state index contributed by atoms with van der Waals surface area (Å²) >= 11 is 0. The molecular formula is C15H24N2O2. The molecule has 106 valence electrons. The first-order valence-electron chi connectivity index (χ1n) is 6.89. The van der Waals surface area contributed by atoms with Crippen LogP contribution in [0.25, 0.3) is 0 Å². The molecule has 1 aliphatic heterocycles. The highest BCUT2D eigenvalue weighted by Crippen LogP contribution is 2.30. The molecule has 1 aromatic rings. The SMILES string of the molecule is COc1ccc(OC)c(CCN2CCNCC2)c1C. The second kappa shape index (κ2) is 6.78. The summed E-state index contributed by atoms with van der Waals surface area (Å²) in [6.07, 6.45) is 1.01. The second-order valence-electron chi connectivity index (χ2n) is 4.92. The van der Waals surface area contributed by atoms with Crippen molar-refractivity contribution in [1.82, 2.24) is 10.2 Å². The Balaban J connectivity index is 2.08. The number of rotatable bonds is 5. The van der Waals surface area contributed by atoms with E-state index in [-0.39, 0.29) is 0 Å². The van der Waals surface area contributed by atoms with E-state index in [9.17, 15) is 0 Å². The van der Waals surface area contributed by atoms with Gasteiger partial charge in [-0.2, -0.15) is 0 Å². The number of hydrogen-bond donors (Lipinski definition) is 1. The van der Waals surface area contributed by atoms with E-state index in [1.54, 1.807) is 14.2 Å². The minimum absolute atomic E-state index is 0.941. The van der Waals surface area contributed by atoms with E-state index in [2.05, 4.69) is 17.1 Å². The van der Waals surface area contributed by atoms with Crippen LogP contribution in [0.3, 0.4) is 0 Å². The number of benzene rings is 1. The van der Waals surface area contributed by atoms with Crippen molar-refractivity contribution in [1.29, 1.82) is 0 Å². The van der Waals surface area contributed by atoms with Gasteiger partial charge in [0.25, 0.3) is 0 Å². The monoisotopic (exact) mass is 264 g/mol. The van der Waals surface area contributed by atoms with Crippen LogP contribution >= 0.6 is 0 Å². The normalized spacial score (nSPS) is 16.4. The van der Waals surface area contributed by atoms with E-state index >= 15 is 0 Å². The van der Waals surface area contributed by atoms with Gasteiger partial charge in [-0.3, -0.25) is 0 Å². The average Bonchev–Trinajstić information content (AvgIpc) is 2.46. The molecule has 1 heterocycles. The predicted octanol–water partition coefficient (Wildman–Crippen LogP) is 1.46. The summed E-state index contributed by atoms with van der Waals surface area (Å²) in [5.74, 6) is 1.91. The van der Waals surface area contributed by atoms with Gasteiger partial charge in [0.1, 0.15) is 11.5 Å². The number of piperazine rings is 1. The third-order valence-corrected chi connectivity index (χ3v) is 3.83. The molecule has 1 aromatic carbocycles. The topological polar surface area (TPSA) is 33.7 Å². The van der Waals surface area contributed by atoms with Gasteiger partial charge in [0, 0.05) is 38.3 Å². The number of ether oxygens (including phenoxy) is 2. The number of nitrogens with zero attached hydrogens (tertiary/aromatic N) is 1. The van der Waals surface area contributed by atoms with E-state index in [4.69, 9.17) is 9.47 Å². The molecule has 0 saturated carbocycles. The van der Waals surface area contributed by atoms with Gasteiger partial charge in [-0.15, -0.1) is 0 Å². The van der Waals surface area contributed by atoms with Crippen molar-refractivity contribution >= 4 is 0 Å². The van der Waals surface area contributed by atoms with Crippen molar-refractivity contribution in [2.75, 3.05) is 46.9 Å². The van der Waals surface area contributed by atoms with Gasteiger partial charge >= 0.3 is 0 Å². The Morgan fingerprint density at radius 2 is 1.74 bits per heavy atom. The largest absolute Gasteiger partial charge is 0.496 e. The number of nitrogens with one attached hydrogen (secondary N) is 1. The highest BCUT2D eigenvalue weighted by molar-refractivity contribution is 5.48. The van der Waals surface area contributed by atoms with Crippen LogP contribution in [0.5, 0.6) is 11.5 Å². The molecule has 1 aliphatic rings. The van der Waals surface area contributed by atoms with Gasteiger partial charge < -0.3 is 19.7 Å². The highest BCUT2D eigenvalue weighted by atomic mass is 16.5. The highest BCUT2D eigenvalue weighted by Gasteiger charge is 2.14. The molecule has 1 fully saturated rings. The van der Waals surface area contributed by atoms with Gasteiger partial charge in [-0.05, 0) is 31.0 Å². The maximum Gasteiger partial charge on any atom is 0.122 e. The molecule has 4 heteroatoms. The van der Waals surface area contributed by atoms with Crippen molar-refractivity contribution in [3.05, 3.63) is 23.3 Å². The Morgan fingerprint density at radius 1 is 1.11 bits per heavy atom. The van der Waals surface area contributed by atoms with Crippen molar-refractivity contribution in [2.45, 2.75) is 13.3 Å². The maximum absolute atomic E-state index is 5.48. The lowest BCUT2D eigenvalue weighted by Gasteiger charge is -2.27. The molecule has 0 unspecified atom stereocenters. The van der Waals surface area contributed by atoms with Crippen LogP contribution in [0.2, 0.25) is 0 Å². The fourth-order valence-electron chi connectivity index (χ4n) is 2.64. The molecule has 0 amide bonds. The standard InChI is InChI=1S/C15H24N2O2/c1-12-13(6-9-17-10-7-16-8-11-17)15(19-3)5-4-14(12)18-2/h4-5,16H,6-11H2,1-3H3. The Kier molecular flexibility index (Phi) is 5.05. The zero-order chi connectivity index (χ0) is 13.7. The minimum Gasteiger partial charge on any atom is -0.496 e. The summed E-state index contributed by atoms with van der Waals surface area (Å²) in [6.45, 7) is 7.62. The van der Waals surface area contributed by atoms with Gasteiger partial charge in [0.05, 0.1) is 14.2 Å². The first kappa shape index (κ1) is 14.2. The Hall–Kier alpha value is -1.26. The Labute approximate surface area is 115 Å². The maximum atomic E-state index is 5.48. The Bertz CT molecular complexity index is 415. The average molecular weight is 264 g/mol. The molecule has 0 radical (unpaired) electrons. The van der Waals surface area contributed by atoms with Crippen LogP contribution in [0.4, 0.5) is 0 Å². The smallest absolute Gasteiger partial charge is 0.122 e. The van der Waals surface area contributed by atoms with E-state index in [0.29, 0.717) is 0 Å². The van der Waals surface area contributed by atoms with Gasteiger partial charge in [0.2, 0.25) is 0 Å². The molecule has 2 rings (SSSR count). The summed E-state index contributed by atoms with van der Waals surface area (Å²) in [7, 11) is 3.45. The van der Waals surface area contributed by atoms with Crippen molar-refractivity contribution in [3.8, 4) is 11.5 Å². The van der Waals surface area contributed by atoms with E-state index in [0.717, 1.165) is 50.6 Å². The third kappa shape index (κ3) is 3.39. The van der Waals surface area contributed by atoms with Crippen LogP contribution in [-0.4, -0.2) is 51.8 Å². The molecule has 4 nitrogen and oxygen atoms in total. The Morgan fingerprint density at radius 3 is 2.37 bits per heavy atom. The number of hydrogen-bond acceptors (Lipinski definition) is 4.